The zero-order valence-corrected chi connectivity index (χ0v) is 20.0. The van der Waals surface area contributed by atoms with Crippen molar-refractivity contribution >= 4 is 23.4 Å². The fraction of sp³-hybridized carbons (Fsp3) is 0.0385. The molecule has 0 radical (unpaired) electrons. The summed E-state index contributed by atoms with van der Waals surface area (Å²) in [4.78, 5) is 25.5. The topological polar surface area (TPSA) is 163 Å². The minimum absolute atomic E-state index is 0.0196. The first-order valence-electron chi connectivity index (χ1n) is 11.3. The van der Waals surface area contributed by atoms with E-state index in [2.05, 4.69) is 35.8 Å². The summed E-state index contributed by atoms with van der Waals surface area (Å²) in [5, 5.41) is 19.7. The van der Waals surface area contributed by atoms with E-state index < -0.39 is 11.9 Å². The Labute approximate surface area is 215 Å². The first-order chi connectivity index (χ1) is 18.5. The first kappa shape index (κ1) is 24.1. The van der Waals surface area contributed by atoms with E-state index in [0.717, 1.165) is 4.68 Å². The maximum Gasteiger partial charge on any atom is 0.343 e. The van der Waals surface area contributed by atoms with Crippen molar-refractivity contribution in [1.82, 2.24) is 30.7 Å². The maximum absolute atomic E-state index is 13.3. The lowest BCUT2D eigenvalue weighted by molar-refractivity contribution is 0.0734. The Kier molecular flexibility index (Phi) is 6.67. The Morgan fingerprint density at radius 3 is 2.26 bits per heavy atom. The van der Waals surface area contributed by atoms with Gasteiger partial charge in [0.05, 0.1) is 11.3 Å². The van der Waals surface area contributed by atoms with E-state index in [1.807, 2.05) is 24.3 Å². The van der Waals surface area contributed by atoms with Gasteiger partial charge >= 0.3 is 5.97 Å². The maximum atomic E-state index is 13.3. The smallest absolute Gasteiger partial charge is 0.343 e. The summed E-state index contributed by atoms with van der Waals surface area (Å²) in [6, 6.07) is 24.5. The Morgan fingerprint density at radius 1 is 0.921 bits per heavy atom. The molecule has 0 spiro atoms. The van der Waals surface area contributed by atoms with Crippen molar-refractivity contribution in [3.8, 4) is 22.8 Å². The van der Waals surface area contributed by atoms with Crippen LogP contribution in [0.25, 0.3) is 17.1 Å². The molecule has 5 aromatic rings. The number of hydrogen-bond donors (Lipinski definition) is 2. The van der Waals surface area contributed by atoms with Crippen molar-refractivity contribution in [1.29, 1.82) is 0 Å². The molecule has 0 unspecified atom stereocenters. The molecule has 12 heteroatoms. The second-order valence-corrected chi connectivity index (χ2v) is 7.96. The summed E-state index contributed by atoms with van der Waals surface area (Å²) >= 11 is 0. The molecule has 0 atom stereocenters. The van der Waals surface area contributed by atoms with Gasteiger partial charge in [0.15, 0.2) is 5.69 Å². The lowest BCUT2D eigenvalue weighted by atomic mass is 10.1. The molecule has 2 aromatic heterocycles. The van der Waals surface area contributed by atoms with Gasteiger partial charge in [0.1, 0.15) is 11.4 Å². The SMILES string of the molecule is C/C(=N/NC(=O)c1c(-c2ccccc2)nnn1-c1nonc1N)c1ccc(OC(=O)c2ccccc2)cc1. The third-order valence-corrected chi connectivity index (χ3v) is 5.45. The quantitative estimate of drug-likeness (QED) is 0.145. The number of hydrogen-bond acceptors (Lipinski definition) is 10. The molecule has 0 fully saturated rings. The number of nitrogen functional groups attached to an aromatic ring is 1. The van der Waals surface area contributed by atoms with Crippen LogP contribution in [0.5, 0.6) is 5.75 Å². The monoisotopic (exact) mass is 508 g/mol. The average Bonchev–Trinajstić information content (AvgIpc) is 3.59. The van der Waals surface area contributed by atoms with Crippen LogP contribution in [-0.4, -0.2) is 42.9 Å². The summed E-state index contributed by atoms with van der Waals surface area (Å²) < 4.78 is 11.2. The molecule has 2 heterocycles. The third-order valence-electron chi connectivity index (χ3n) is 5.45. The minimum atomic E-state index is -0.607. The zero-order valence-electron chi connectivity index (χ0n) is 20.0. The Hall–Kier alpha value is -5.65. The molecule has 38 heavy (non-hydrogen) atoms. The summed E-state index contributed by atoms with van der Waals surface area (Å²) in [6.45, 7) is 1.72. The van der Waals surface area contributed by atoms with Gasteiger partial charge < -0.3 is 10.5 Å². The van der Waals surface area contributed by atoms with Crippen LogP contribution in [0.4, 0.5) is 5.82 Å². The number of ether oxygens (including phenoxy) is 1. The second kappa shape index (κ2) is 10.5. The first-order valence-corrected chi connectivity index (χ1v) is 11.3. The number of nitrogens with one attached hydrogen (secondary N) is 1. The number of carbonyl (C=O) groups is 2. The van der Waals surface area contributed by atoms with Crippen molar-refractivity contribution < 1.29 is 19.0 Å². The Balaban J connectivity index is 1.35. The number of esters is 1. The summed E-state index contributed by atoms with van der Waals surface area (Å²) in [5.74, 6) is -0.731. The molecule has 5 rings (SSSR count). The molecule has 0 aliphatic rings. The van der Waals surface area contributed by atoms with Gasteiger partial charge in [0.25, 0.3) is 5.91 Å². The van der Waals surface area contributed by atoms with Crippen molar-refractivity contribution in [2.45, 2.75) is 6.92 Å². The van der Waals surface area contributed by atoms with Crippen LogP contribution in [0.3, 0.4) is 0 Å². The molecule has 0 aliphatic carbocycles. The van der Waals surface area contributed by atoms with E-state index in [0.29, 0.717) is 33.8 Å². The molecule has 0 aliphatic heterocycles. The fourth-order valence-corrected chi connectivity index (χ4v) is 3.52. The van der Waals surface area contributed by atoms with Crippen LogP contribution < -0.4 is 15.9 Å². The van der Waals surface area contributed by atoms with E-state index in [1.165, 1.54) is 0 Å². The second-order valence-electron chi connectivity index (χ2n) is 7.96. The largest absolute Gasteiger partial charge is 0.423 e. The van der Waals surface area contributed by atoms with Gasteiger partial charge in [-0.25, -0.2) is 14.8 Å². The van der Waals surface area contributed by atoms with Crippen molar-refractivity contribution in [2.75, 3.05) is 5.73 Å². The van der Waals surface area contributed by atoms with Gasteiger partial charge in [-0.15, -0.1) is 5.10 Å². The predicted molar refractivity (Wildman–Crippen MR) is 137 cm³/mol. The molecule has 3 N–H and O–H groups in total. The Bertz CT molecular complexity index is 1610. The highest BCUT2D eigenvalue weighted by Gasteiger charge is 2.26. The van der Waals surface area contributed by atoms with Gasteiger partial charge in [0.2, 0.25) is 11.6 Å². The lowest BCUT2D eigenvalue weighted by Gasteiger charge is -2.07. The van der Waals surface area contributed by atoms with E-state index in [1.54, 1.807) is 67.6 Å². The van der Waals surface area contributed by atoms with Crippen LogP contribution in [0.2, 0.25) is 0 Å². The molecule has 1 amide bonds. The van der Waals surface area contributed by atoms with Crippen LogP contribution in [-0.2, 0) is 0 Å². The number of aromatic nitrogens is 5. The van der Waals surface area contributed by atoms with Gasteiger partial charge in [-0.2, -0.15) is 9.78 Å². The predicted octanol–water partition coefficient (Wildman–Crippen LogP) is 3.27. The normalized spacial score (nSPS) is 11.2. The zero-order chi connectivity index (χ0) is 26.5. The number of benzene rings is 3. The highest BCUT2D eigenvalue weighted by molar-refractivity contribution is 6.02. The number of amides is 1. The minimum Gasteiger partial charge on any atom is -0.423 e. The van der Waals surface area contributed by atoms with E-state index in [9.17, 15) is 9.59 Å². The summed E-state index contributed by atoms with van der Waals surface area (Å²) in [5.41, 5.74) is 11.0. The van der Waals surface area contributed by atoms with E-state index in [4.69, 9.17) is 10.5 Å². The molecule has 3 aromatic carbocycles. The number of hydrazone groups is 1. The van der Waals surface area contributed by atoms with Gasteiger partial charge in [-0.1, -0.05) is 53.7 Å². The molecule has 0 saturated carbocycles. The number of anilines is 1. The number of carbonyl (C=O) groups excluding carboxylic acids is 2. The summed E-state index contributed by atoms with van der Waals surface area (Å²) in [6.07, 6.45) is 0. The van der Waals surface area contributed by atoms with Gasteiger partial charge in [-0.3, -0.25) is 4.79 Å². The molecule has 12 nitrogen and oxygen atoms in total. The van der Waals surface area contributed by atoms with E-state index >= 15 is 0 Å². The lowest BCUT2D eigenvalue weighted by Crippen LogP contribution is -2.23. The summed E-state index contributed by atoms with van der Waals surface area (Å²) in [7, 11) is 0. The average molecular weight is 508 g/mol. The van der Waals surface area contributed by atoms with Gasteiger partial charge in [0, 0.05) is 5.56 Å². The molecular formula is C26H20N8O4. The van der Waals surface area contributed by atoms with Crippen molar-refractivity contribution in [2.24, 2.45) is 5.10 Å². The molecule has 0 saturated heterocycles. The van der Waals surface area contributed by atoms with Crippen LogP contribution >= 0.6 is 0 Å². The Morgan fingerprint density at radius 2 is 1.61 bits per heavy atom. The van der Waals surface area contributed by atoms with Crippen LogP contribution in [0, 0.1) is 0 Å². The standard InChI is InChI=1S/C26H20N8O4/c1-16(17-12-14-20(15-13-17)37-26(36)19-10-6-3-7-11-19)28-30-25(35)22-21(18-8-4-2-5-9-18)29-33-34(22)24-23(27)31-38-32-24/h2-15H,1H3,(H2,27,31)(H,30,35)/b28-16-. The van der Waals surface area contributed by atoms with Crippen LogP contribution in [0.15, 0.2) is 94.7 Å². The van der Waals surface area contributed by atoms with Crippen LogP contribution in [0.1, 0.15) is 33.3 Å². The van der Waals surface area contributed by atoms with E-state index in [-0.39, 0.29) is 17.3 Å². The highest BCUT2D eigenvalue weighted by Crippen LogP contribution is 2.24. The third kappa shape index (κ3) is 4.99. The molecule has 0 bridgehead atoms. The fourth-order valence-electron chi connectivity index (χ4n) is 3.52. The van der Waals surface area contributed by atoms with Crippen molar-refractivity contribution in [3.63, 3.8) is 0 Å². The highest BCUT2D eigenvalue weighted by atomic mass is 16.6. The number of nitrogens with zero attached hydrogens (tertiary/aromatic N) is 6. The number of nitrogens with two attached hydrogens (primary N) is 1. The van der Waals surface area contributed by atoms with Crippen molar-refractivity contribution in [3.05, 3.63) is 102 Å². The molecular weight excluding hydrogens is 488 g/mol. The van der Waals surface area contributed by atoms with Gasteiger partial charge in [-0.05, 0) is 59.2 Å². The number of rotatable bonds is 7. The molecule has 188 valence electrons.